The molecule has 0 saturated carbocycles. The maximum Gasteiger partial charge on any atom is 0.251 e. The Morgan fingerprint density at radius 3 is 2.32 bits per heavy atom. The largest absolute Gasteiger partial charge is 0.370 e. The number of nitrogens with two attached hydrogens (primary N) is 1. The van der Waals surface area contributed by atoms with Crippen LogP contribution in [0.4, 0.5) is 5.69 Å². The maximum absolute atomic E-state index is 11.8. The molecule has 0 spiro atoms. The van der Waals surface area contributed by atoms with Crippen molar-refractivity contribution in [2.24, 2.45) is 10.7 Å². The number of para-hydroxylation sites is 1. The van der Waals surface area contributed by atoms with Gasteiger partial charge in [-0.25, -0.2) is 0 Å². The topological polar surface area (TPSA) is 79.5 Å². The van der Waals surface area contributed by atoms with Crippen LogP contribution in [0, 0.1) is 0 Å². The van der Waals surface area contributed by atoms with Crippen LogP contribution in [0.15, 0.2) is 65.7 Å². The lowest BCUT2D eigenvalue weighted by atomic mass is 10.2. The molecule has 0 aliphatic rings. The summed E-state index contributed by atoms with van der Waals surface area (Å²) in [7, 11) is 0. The van der Waals surface area contributed by atoms with Gasteiger partial charge in [0.1, 0.15) is 0 Å². The van der Waals surface area contributed by atoms with Crippen molar-refractivity contribution in [3.8, 4) is 0 Å². The second-order valence-electron chi connectivity index (χ2n) is 4.73. The average Bonchev–Trinajstić information content (AvgIpc) is 2.56. The normalized spacial score (nSPS) is 11.0. The first-order valence-electron chi connectivity index (χ1n) is 7.21. The van der Waals surface area contributed by atoms with E-state index in [4.69, 9.17) is 5.73 Å². The second-order valence-corrected chi connectivity index (χ2v) is 4.73. The Labute approximate surface area is 130 Å². The van der Waals surface area contributed by atoms with E-state index in [1.165, 1.54) is 0 Å². The number of hydrogen-bond donors (Lipinski definition) is 3. The predicted molar refractivity (Wildman–Crippen MR) is 89.9 cm³/mol. The van der Waals surface area contributed by atoms with Gasteiger partial charge in [0.2, 0.25) is 0 Å². The van der Waals surface area contributed by atoms with E-state index in [-0.39, 0.29) is 5.91 Å². The number of carbonyl (C=O) groups is 1. The van der Waals surface area contributed by atoms with E-state index in [1.54, 1.807) is 12.1 Å². The Kier molecular flexibility index (Phi) is 5.99. The number of anilines is 1. The maximum atomic E-state index is 11.8. The van der Waals surface area contributed by atoms with Crippen molar-refractivity contribution in [1.82, 2.24) is 5.32 Å². The van der Waals surface area contributed by atoms with Crippen LogP contribution in [0.5, 0.6) is 0 Å². The third-order valence-corrected chi connectivity index (χ3v) is 2.98. The molecule has 5 heteroatoms. The molecule has 0 aliphatic heterocycles. The Morgan fingerprint density at radius 2 is 1.64 bits per heavy atom. The SMILES string of the molecule is NC(=NCCCNC(=O)c1ccccc1)Nc1ccccc1. The molecule has 0 radical (unpaired) electrons. The fraction of sp³-hybridized carbons (Fsp3) is 0.176. The first kappa shape index (κ1) is 15.6. The molecule has 0 aliphatic carbocycles. The summed E-state index contributed by atoms with van der Waals surface area (Å²) in [5.41, 5.74) is 7.36. The minimum atomic E-state index is -0.0695. The molecular formula is C17H20N4O. The zero-order valence-corrected chi connectivity index (χ0v) is 12.3. The van der Waals surface area contributed by atoms with E-state index >= 15 is 0 Å². The number of nitrogens with zero attached hydrogens (tertiary/aromatic N) is 1. The monoisotopic (exact) mass is 296 g/mol. The van der Waals surface area contributed by atoms with E-state index in [2.05, 4.69) is 15.6 Å². The van der Waals surface area contributed by atoms with E-state index in [9.17, 15) is 4.79 Å². The molecule has 2 rings (SSSR count). The molecule has 0 atom stereocenters. The number of nitrogens with one attached hydrogen (secondary N) is 2. The lowest BCUT2D eigenvalue weighted by molar-refractivity contribution is 0.0953. The van der Waals surface area contributed by atoms with E-state index in [1.807, 2.05) is 48.5 Å². The summed E-state index contributed by atoms with van der Waals surface area (Å²) >= 11 is 0. The fourth-order valence-corrected chi connectivity index (χ4v) is 1.88. The van der Waals surface area contributed by atoms with Gasteiger partial charge in [-0.2, -0.15) is 0 Å². The van der Waals surface area contributed by atoms with Gasteiger partial charge in [-0.15, -0.1) is 0 Å². The van der Waals surface area contributed by atoms with Crippen molar-refractivity contribution in [2.45, 2.75) is 6.42 Å². The quantitative estimate of drug-likeness (QED) is 0.434. The van der Waals surface area contributed by atoms with Gasteiger partial charge in [0, 0.05) is 24.3 Å². The van der Waals surface area contributed by atoms with Crippen molar-refractivity contribution >= 4 is 17.6 Å². The summed E-state index contributed by atoms with van der Waals surface area (Å²) < 4.78 is 0. The van der Waals surface area contributed by atoms with E-state index < -0.39 is 0 Å². The molecule has 1 amide bonds. The Hall–Kier alpha value is -2.82. The van der Waals surface area contributed by atoms with Crippen LogP contribution >= 0.6 is 0 Å². The summed E-state index contributed by atoms with van der Waals surface area (Å²) in [6.07, 6.45) is 0.732. The number of hydrogen-bond acceptors (Lipinski definition) is 2. The van der Waals surface area contributed by atoms with Crippen molar-refractivity contribution in [3.63, 3.8) is 0 Å². The van der Waals surface area contributed by atoms with Crippen LogP contribution in [0.2, 0.25) is 0 Å². The molecular weight excluding hydrogens is 276 g/mol. The van der Waals surface area contributed by atoms with Crippen molar-refractivity contribution < 1.29 is 4.79 Å². The number of carbonyl (C=O) groups excluding carboxylic acids is 1. The number of benzene rings is 2. The standard InChI is InChI=1S/C17H20N4O/c18-17(21-15-10-5-2-6-11-15)20-13-7-12-19-16(22)14-8-3-1-4-9-14/h1-6,8-11H,7,12-13H2,(H,19,22)(H3,18,20,21). The van der Waals surface area contributed by atoms with Gasteiger partial charge in [0.25, 0.3) is 5.91 Å². The van der Waals surface area contributed by atoms with Gasteiger partial charge in [-0.1, -0.05) is 36.4 Å². The van der Waals surface area contributed by atoms with Gasteiger partial charge >= 0.3 is 0 Å². The third-order valence-electron chi connectivity index (χ3n) is 2.98. The van der Waals surface area contributed by atoms with Crippen LogP contribution in [0.3, 0.4) is 0 Å². The van der Waals surface area contributed by atoms with Crippen LogP contribution < -0.4 is 16.4 Å². The summed E-state index contributed by atoms with van der Waals surface area (Å²) in [6.45, 7) is 1.12. The number of amides is 1. The van der Waals surface area contributed by atoms with Gasteiger partial charge in [0.05, 0.1) is 0 Å². The lowest BCUT2D eigenvalue weighted by Crippen LogP contribution is -2.26. The molecule has 114 valence electrons. The highest BCUT2D eigenvalue weighted by Crippen LogP contribution is 2.03. The molecule has 0 unspecified atom stereocenters. The molecule has 0 aromatic heterocycles. The summed E-state index contributed by atoms with van der Waals surface area (Å²) in [5, 5.41) is 5.86. The van der Waals surface area contributed by atoms with Crippen LogP contribution in [-0.4, -0.2) is 25.0 Å². The highest BCUT2D eigenvalue weighted by molar-refractivity contribution is 5.94. The lowest BCUT2D eigenvalue weighted by Gasteiger charge is -2.06. The average molecular weight is 296 g/mol. The zero-order chi connectivity index (χ0) is 15.6. The van der Waals surface area contributed by atoms with E-state index in [0.29, 0.717) is 24.6 Å². The molecule has 2 aromatic rings. The Balaban J connectivity index is 1.66. The molecule has 0 fully saturated rings. The van der Waals surface area contributed by atoms with Gasteiger partial charge in [-0.3, -0.25) is 9.79 Å². The van der Waals surface area contributed by atoms with Gasteiger partial charge in [0.15, 0.2) is 5.96 Å². The highest BCUT2D eigenvalue weighted by Gasteiger charge is 2.02. The molecule has 0 bridgehead atoms. The minimum absolute atomic E-state index is 0.0695. The Bertz CT molecular complexity index is 611. The first-order chi connectivity index (χ1) is 10.8. The second kappa shape index (κ2) is 8.46. The minimum Gasteiger partial charge on any atom is -0.370 e. The molecule has 2 aromatic carbocycles. The number of aliphatic imine (C=N–C) groups is 1. The predicted octanol–water partition coefficient (Wildman–Crippen LogP) is 2.23. The molecule has 0 saturated heterocycles. The Morgan fingerprint density at radius 1 is 1.00 bits per heavy atom. The molecule has 5 nitrogen and oxygen atoms in total. The first-order valence-corrected chi connectivity index (χ1v) is 7.21. The van der Waals surface area contributed by atoms with Crippen LogP contribution in [-0.2, 0) is 0 Å². The molecule has 0 heterocycles. The number of rotatable bonds is 6. The van der Waals surface area contributed by atoms with Crippen LogP contribution in [0.1, 0.15) is 16.8 Å². The highest BCUT2D eigenvalue weighted by atomic mass is 16.1. The van der Waals surface area contributed by atoms with Gasteiger partial charge < -0.3 is 16.4 Å². The van der Waals surface area contributed by atoms with Crippen molar-refractivity contribution in [2.75, 3.05) is 18.4 Å². The molecule has 4 N–H and O–H groups in total. The third kappa shape index (κ3) is 5.28. The summed E-state index contributed by atoms with van der Waals surface area (Å²) in [4.78, 5) is 16.0. The zero-order valence-electron chi connectivity index (χ0n) is 12.3. The fourth-order valence-electron chi connectivity index (χ4n) is 1.88. The smallest absolute Gasteiger partial charge is 0.251 e. The molecule has 22 heavy (non-hydrogen) atoms. The van der Waals surface area contributed by atoms with Gasteiger partial charge in [-0.05, 0) is 30.7 Å². The van der Waals surface area contributed by atoms with Crippen LogP contribution in [0.25, 0.3) is 0 Å². The van der Waals surface area contributed by atoms with Crippen molar-refractivity contribution in [1.29, 1.82) is 0 Å². The van der Waals surface area contributed by atoms with E-state index in [0.717, 1.165) is 12.1 Å². The summed E-state index contributed by atoms with van der Waals surface area (Å²) in [5.74, 6) is 0.306. The van der Waals surface area contributed by atoms with Crippen molar-refractivity contribution in [3.05, 3.63) is 66.2 Å². The number of guanidine groups is 1. The summed E-state index contributed by atoms with van der Waals surface area (Å²) in [6, 6.07) is 18.8.